The Morgan fingerprint density at radius 1 is 0.960 bits per heavy atom. The lowest BCUT2D eigenvalue weighted by atomic mass is 10.0. The molecule has 0 radical (unpaired) electrons. The number of amides is 1. The molecule has 1 aliphatic carbocycles. The van der Waals surface area contributed by atoms with E-state index < -0.39 is 6.10 Å². The summed E-state index contributed by atoms with van der Waals surface area (Å²) in [4.78, 5) is 17.8. The van der Waals surface area contributed by atoms with E-state index >= 15 is 0 Å². The van der Waals surface area contributed by atoms with Crippen molar-refractivity contribution in [3.63, 3.8) is 0 Å². The fourth-order valence-electron chi connectivity index (χ4n) is 3.60. The van der Waals surface area contributed by atoms with Gasteiger partial charge >= 0.3 is 0 Å². The number of carbonyl (C=O) groups excluding carboxylic acids is 1. The second-order valence-corrected chi connectivity index (χ2v) is 6.82. The zero-order valence-electron chi connectivity index (χ0n) is 14.2. The van der Waals surface area contributed by atoms with E-state index in [-0.39, 0.29) is 11.9 Å². The molecule has 1 aliphatic heterocycles. The van der Waals surface area contributed by atoms with Crippen molar-refractivity contribution in [3.8, 4) is 0 Å². The third-order valence-corrected chi connectivity index (χ3v) is 4.96. The molecular weight excluding hydrogens is 312 g/mol. The number of rotatable bonds is 5. The second-order valence-electron chi connectivity index (χ2n) is 6.82. The van der Waals surface area contributed by atoms with Crippen LogP contribution in [-0.4, -0.2) is 23.8 Å². The molecule has 1 N–H and O–H groups in total. The number of nitrogens with zero attached hydrogens (tertiary/aromatic N) is 1. The SMILES string of the molecule is O=C(NC1Cc2ccccc2C1)C1CC(CCc2ccccc2)=NO1. The minimum absolute atomic E-state index is 0.0451. The summed E-state index contributed by atoms with van der Waals surface area (Å²) >= 11 is 0. The normalized spacial score (nSPS) is 19.2. The summed E-state index contributed by atoms with van der Waals surface area (Å²) < 4.78 is 0. The van der Waals surface area contributed by atoms with Gasteiger partial charge in [0.2, 0.25) is 6.10 Å². The van der Waals surface area contributed by atoms with Gasteiger partial charge in [0.05, 0.1) is 5.71 Å². The first-order valence-electron chi connectivity index (χ1n) is 8.90. The number of aryl methyl sites for hydroxylation is 1. The van der Waals surface area contributed by atoms with Gasteiger partial charge in [-0.25, -0.2) is 0 Å². The second kappa shape index (κ2) is 7.09. The van der Waals surface area contributed by atoms with E-state index in [1.807, 2.05) is 18.2 Å². The van der Waals surface area contributed by atoms with Gasteiger partial charge in [0.1, 0.15) is 0 Å². The summed E-state index contributed by atoms with van der Waals surface area (Å²) in [6, 6.07) is 18.9. The summed E-state index contributed by atoms with van der Waals surface area (Å²) in [7, 11) is 0. The first-order chi connectivity index (χ1) is 12.3. The van der Waals surface area contributed by atoms with Gasteiger partial charge in [-0.05, 0) is 42.4 Å². The molecule has 4 heteroatoms. The minimum atomic E-state index is -0.477. The Hall–Kier alpha value is -2.62. The number of nitrogens with one attached hydrogen (secondary N) is 1. The number of hydrogen-bond donors (Lipinski definition) is 1. The Kier molecular flexibility index (Phi) is 4.51. The standard InChI is InChI=1S/C21H22N2O2/c24-21(22-19-12-16-8-4-5-9-17(16)13-19)20-14-18(23-25-20)11-10-15-6-2-1-3-7-15/h1-9,19-20H,10-14H2,(H,22,24). The molecule has 2 aromatic carbocycles. The van der Waals surface area contributed by atoms with Crippen molar-refractivity contribution in [2.24, 2.45) is 5.16 Å². The van der Waals surface area contributed by atoms with Gasteiger partial charge in [0.25, 0.3) is 5.91 Å². The zero-order valence-corrected chi connectivity index (χ0v) is 14.2. The molecule has 128 valence electrons. The summed E-state index contributed by atoms with van der Waals surface area (Å²) in [6.07, 6.45) is 3.68. The molecule has 25 heavy (non-hydrogen) atoms. The maximum Gasteiger partial charge on any atom is 0.264 e. The van der Waals surface area contributed by atoms with Crippen molar-refractivity contribution in [1.82, 2.24) is 5.32 Å². The first kappa shape index (κ1) is 15.9. The number of hydrogen-bond acceptors (Lipinski definition) is 3. The van der Waals surface area contributed by atoms with Crippen molar-refractivity contribution >= 4 is 11.6 Å². The van der Waals surface area contributed by atoms with Crippen LogP contribution in [0.25, 0.3) is 0 Å². The molecular formula is C21H22N2O2. The van der Waals surface area contributed by atoms with Crippen LogP contribution in [0, 0.1) is 0 Å². The van der Waals surface area contributed by atoms with E-state index in [9.17, 15) is 4.79 Å². The van der Waals surface area contributed by atoms with Gasteiger partial charge < -0.3 is 10.2 Å². The number of benzene rings is 2. The van der Waals surface area contributed by atoms with Gasteiger partial charge in [-0.1, -0.05) is 59.8 Å². The molecule has 1 unspecified atom stereocenters. The Morgan fingerprint density at radius 3 is 2.36 bits per heavy atom. The Morgan fingerprint density at radius 2 is 1.64 bits per heavy atom. The maximum atomic E-state index is 12.5. The van der Waals surface area contributed by atoms with Gasteiger partial charge in [-0.3, -0.25) is 4.79 Å². The molecule has 1 heterocycles. The van der Waals surface area contributed by atoms with Crippen LogP contribution in [0.4, 0.5) is 0 Å². The zero-order chi connectivity index (χ0) is 17.1. The van der Waals surface area contributed by atoms with Crippen LogP contribution in [0.3, 0.4) is 0 Å². The van der Waals surface area contributed by atoms with Crippen molar-refractivity contribution in [1.29, 1.82) is 0 Å². The molecule has 0 saturated carbocycles. The highest BCUT2D eigenvalue weighted by atomic mass is 16.6. The van der Waals surface area contributed by atoms with Crippen LogP contribution in [0.2, 0.25) is 0 Å². The molecule has 2 aromatic rings. The topological polar surface area (TPSA) is 50.7 Å². The van der Waals surface area contributed by atoms with E-state index in [4.69, 9.17) is 4.84 Å². The van der Waals surface area contributed by atoms with Crippen molar-refractivity contribution in [2.75, 3.05) is 0 Å². The van der Waals surface area contributed by atoms with Crippen LogP contribution in [0.1, 0.15) is 29.5 Å². The van der Waals surface area contributed by atoms with E-state index in [0.29, 0.717) is 6.42 Å². The molecule has 2 aliphatic rings. The van der Waals surface area contributed by atoms with Crippen LogP contribution >= 0.6 is 0 Å². The summed E-state index contributed by atoms with van der Waals surface area (Å²) in [5.41, 5.74) is 4.92. The number of carbonyl (C=O) groups is 1. The fourth-order valence-corrected chi connectivity index (χ4v) is 3.60. The number of fused-ring (bicyclic) bond motifs is 1. The van der Waals surface area contributed by atoms with Crippen LogP contribution < -0.4 is 5.32 Å². The lowest BCUT2D eigenvalue weighted by molar-refractivity contribution is -0.131. The van der Waals surface area contributed by atoms with Crippen LogP contribution in [-0.2, 0) is 28.9 Å². The molecule has 0 saturated heterocycles. The molecule has 0 aromatic heterocycles. The molecule has 1 atom stereocenters. The van der Waals surface area contributed by atoms with Gasteiger partial charge in [0, 0.05) is 12.5 Å². The van der Waals surface area contributed by atoms with Gasteiger partial charge in [-0.15, -0.1) is 0 Å². The summed E-state index contributed by atoms with van der Waals surface area (Å²) in [5, 5.41) is 7.25. The third-order valence-electron chi connectivity index (χ3n) is 4.96. The fraction of sp³-hybridized carbons (Fsp3) is 0.333. The maximum absolute atomic E-state index is 12.5. The van der Waals surface area contributed by atoms with Crippen LogP contribution in [0.5, 0.6) is 0 Å². The molecule has 1 amide bonds. The average Bonchev–Trinajstić information content (AvgIpc) is 3.27. The highest BCUT2D eigenvalue weighted by molar-refractivity contribution is 5.93. The highest BCUT2D eigenvalue weighted by Gasteiger charge is 2.31. The predicted molar refractivity (Wildman–Crippen MR) is 97.5 cm³/mol. The third kappa shape index (κ3) is 3.73. The van der Waals surface area contributed by atoms with Gasteiger partial charge in [-0.2, -0.15) is 0 Å². The van der Waals surface area contributed by atoms with E-state index in [1.54, 1.807) is 0 Å². The van der Waals surface area contributed by atoms with E-state index in [2.05, 4.69) is 46.9 Å². The summed E-state index contributed by atoms with van der Waals surface area (Å²) in [5.74, 6) is -0.0451. The molecule has 0 fully saturated rings. The molecule has 0 bridgehead atoms. The lowest BCUT2D eigenvalue weighted by Crippen LogP contribution is -2.42. The van der Waals surface area contributed by atoms with Crippen molar-refractivity contribution in [3.05, 3.63) is 71.3 Å². The largest absolute Gasteiger partial charge is 0.382 e. The molecule has 0 spiro atoms. The quantitative estimate of drug-likeness (QED) is 0.914. The molecule has 4 nitrogen and oxygen atoms in total. The van der Waals surface area contributed by atoms with Crippen molar-refractivity contribution < 1.29 is 9.63 Å². The highest BCUT2D eigenvalue weighted by Crippen LogP contribution is 2.22. The Bertz CT molecular complexity index is 760. The predicted octanol–water partition coefficient (Wildman–Crippen LogP) is 3.05. The number of oxime groups is 1. The van der Waals surface area contributed by atoms with Crippen molar-refractivity contribution in [2.45, 2.75) is 44.2 Å². The smallest absolute Gasteiger partial charge is 0.264 e. The first-order valence-corrected chi connectivity index (χ1v) is 8.90. The Labute approximate surface area is 147 Å². The lowest BCUT2D eigenvalue weighted by Gasteiger charge is -2.14. The monoisotopic (exact) mass is 334 g/mol. The Balaban J connectivity index is 1.25. The summed E-state index contributed by atoms with van der Waals surface area (Å²) in [6.45, 7) is 0. The van der Waals surface area contributed by atoms with Crippen LogP contribution in [0.15, 0.2) is 59.8 Å². The minimum Gasteiger partial charge on any atom is -0.382 e. The van der Waals surface area contributed by atoms with E-state index in [1.165, 1.54) is 16.7 Å². The average molecular weight is 334 g/mol. The van der Waals surface area contributed by atoms with E-state index in [0.717, 1.165) is 31.4 Å². The molecule has 4 rings (SSSR count). The van der Waals surface area contributed by atoms with Gasteiger partial charge in [0.15, 0.2) is 0 Å².